The summed E-state index contributed by atoms with van der Waals surface area (Å²) in [5.74, 6) is -1.59. The number of hydrogen-bond donors (Lipinski definition) is 1. The van der Waals surface area contributed by atoms with E-state index in [0.717, 1.165) is 18.4 Å². The number of hydrogen-bond acceptors (Lipinski definition) is 2. The maximum atomic E-state index is 13.4. The highest BCUT2D eigenvalue weighted by Crippen LogP contribution is 2.36. The highest BCUT2D eigenvalue weighted by atomic mass is 32.1. The third-order valence-electron chi connectivity index (χ3n) is 3.62. The normalized spacial score (nSPS) is 15.5. The van der Waals surface area contributed by atoms with Gasteiger partial charge in [-0.25, -0.2) is 8.78 Å². The van der Waals surface area contributed by atoms with Gasteiger partial charge in [-0.05, 0) is 55.6 Å². The predicted octanol–water partition coefficient (Wildman–Crippen LogP) is 3.82. The first kappa shape index (κ1) is 12.8. The molecule has 1 aromatic carbocycles. The summed E-state index contributed by atoms with van der Waals surface area (Å²) in [5.41, 5.74) is 2.18. The summed E-state index contributed by atoms with van der Waals surface area (Å²) in [6.45, 7) is 0. The first-order chi connectivity index (χ1) is 9.19. The molecule has 0 saturated heterocycles. The summed E-state index contributed by atoms with van der Waals surface area (Å²) >= 11 is 1.78. The second-order valence-electron chi connectivity index (χ2n) is 4.85. The summed E-state index contributed by atoms with van der Waals surface area (Å²) in [5, 5.41) is 3.19. The molecule has 1 unspecified atom stereocenters. The molecule has 100 valence electrons. The van der Waals surface area contributed by atoms with Crippen LogP contribution in [0, 0.1) is 11.6 Å². The molecule has 0 radical (unpaired) electrons. The van der Waals surface area contributed by atoms with Crippen molar-refractivity contribution < 1.29 is 8.78 Å². The monoisotopic (exact) mass is 279 g/mol. The molecule has 0 amide bonds. The van der Waals surface area contributed by atoms with Crippen LogP contribution in [0.15, 0.2) is 24.3 Å². The van der Waals surface area contributed by atoms with Crippen molar-refractivity contribution in [3.05, 3.63) is 56.8 Å². The molecule has 1 heterocycles. The average Bonchev–Trinajstić information content (AvgIpc) is 2.95. The predicted molar refractivity (Wildman–Crippen MR) is 73.6 cm³/mol. The van der Waals surface area contributed by atoms with Gasteiger partial charge in [0.05, 0.1) is 6.04 Å². The lowest BCUT2D eigenvalue weighted by Crippen LogP contribution is -2.16. The van der Waals surface area contributed by atoms with Crippen LogP contribution in [0.3, 0.4) is 0 Å². The van der Waals surface area contributed by atoms with E-state index in [1.807, 2.05) is 7.05 Å². The van der Waals surface area contributed by atoms with Gasteiger partial charge in [0.2, 0.25) is 0 Å². The zero-order chi connectivity index (χ0) is 13.4. The van der Waals surface area contributed by atoms with Gasteiger partial charge in [-0.2, -0.15) is 0 Å². The van der Waals surface area contributed by atoms with Gasteiger partial charge >= 0.3 is 0 Å². The van der Waals surface area contributed by atoms with E-state index in [1.165, 1.54) is 33.9 Å². The molecule has 0 fully saturated rings. The lowest BCUT2D eigenvalue weighted by Gasteiger charge is -2.15. The molecule has 1 aromatic heterocycles. The smallest absolute Gasteiger partial charge is 0.159 e. The average molecular weight is 279 g/mol. The van der Waals surface area contributed by atoms with E-state index in [9.17, 15) is 8.78 Å². The van der Waals surface area contributed by atoms with Crippen LogP contribution in [0.2, 0.25) is 0 Å². The van der Waals surface area contributed by atoms with Crippen LogP contribution in [0.5, 0.6) is 0 Å². The van der Waals surface area contributed by atoms with Crippen LogP contribution in [-0.2, 0) is 12.8 Å². The van der Waals surface area contributed by atoms with Crippen LogP contribution in [-0.4, -0.2) is 7.05 Å². The Morgan fingerprint density at radius 1 is 1.16 bits per heavy atom. The molecule has 1 aliphatic carbocycles. The van der Waals surface area contributed by atoms with Gasteiger partial charge in [0.1, 0.15) is 0 Å². The minimum atomic E-state index is -0.799. The van der Waals surface area contributed by atoms with E-state index in [4.69, 9.17) is 0 Å². The zero-order valence-electron chi connectivity index (χ0n) is 10.7. The number of halogens is 2. The van der Waals surface area contributed by atoms with Crippen molar-refractivity contribution in [1.82, 2.24) is 5.32 Å². The van der Waals surface area contributed by atoms with Gasteiger partial charge in [-0.1, -0.05) is 6.07 Å². The fraction of sp³-hybridized carbons (Fsp3) is 0.333. The summed E-state index contributed by atoms with van der Waals surface area (Å²) in [7, 11) is 1.84. The van der Waals surface area contributed by atoms with Gasteiger partial charge in [0.25, 0.3) is 0 Å². The van der Waals surface area contributed by atoms with Crippen LogP contribution < -0.4 is 5.32 Å². The highest BCUT2D eigenvalue weighted by Gasteiger charge is 2.21. The largest absolute Gasteiger partial charge is 0.309 e. The molecule has 0 bridgehead atoms. The Balaban J connectivity index is 1.96. The Bertz CT molecular complexity index is 585. The first-order valence-electron chi connectivity index (χ1n) is 6.42. The van der Waals surface area contributed by atoms with Gasteiger partial charge in [-0.15, -0.1) is 11.3 Å². The molecule has 4 heteroatoms. The maximum absolute atomic E-state index is 13.4. The maximum Gasteiger partial charge on any atom is 0.159 e. The lowest BCUT2D eigenvalue weighted by atomic mass is 10.0. The third kappa shape index (κ3) is 2.30. The molecule has 0 spiro atoms. The highest BCUT2D eigenvalue weighted by molar-refractivity contribution is 7.12. The summed E-state index contributed by atoms with van der Waals surface area (Å²) in [4.78, 5) is 2.62. The first-order valence-corrected chi connectivity index (χ1v) is 7.24. The standard InChI is InChI=1S/C15H15F2NS/c1-18-15(10-5-6-11(16)12(17)7-10)14-8-9-3-2-4-13(9)19-14/h5-8,15,18H,2-4H2,1H3. The van der Waals surface area contributed by atoms with Gasteiger partial charge < -0.3 is 5.32 Å². The van der Waals surface area contributed by atoms with Crippen molar-refractivity contribution in [3.63, 3.8) is 0 Å². The van der Waals surface area contributed by atoms with Gasteiger partial charge in [-0.3, -0.25) is 0 Å². The van der Waals surface area contributed by atoms with Crippen LogP contribution in [0.4, 0.5) is 8.78 Å². The molecule has 1 atom stereocenters. The van der Waals surface area contributed by atoms with E-state index in [1.54, 1.807) is 17.4 Å². The van der Waals surface area contributed by atoms with Crippen LogP contribution in [0.25, 0.3) is 0 Å². The summed E-state index contributed by atoms with van der Waals surface area (Å²) in [6, 6.07) is 6.25. The minimum Gasteiger partial charge on any atom is -0.309 e. The number of aryl methyl sites for hydroxylation is 2. The van der Waals surface area contributed by atoms with Gasteiger partial charge in [0, 0.05) is 9.75 Å². The van der Waals surface area contributed by atoms with Crippen molar-refractivity contribution in [2.75, 3.05) is 7.05 Å². The summed E-state index contributed by atoms with van der Waals surface area (Å²) in [6.07, 6.45) is 3.52. The number of fused-ring (bicyclic) bond motifs is 1. The molecule has 0 saturated carbocycles. The molecule has 1 N–H and O–H groups in total. The fourth-order valence-electron chi connectivity index (χ4n) is 2.66. The molecule has 3 rings (SSSR count). The fourth-order valence-corrected chi connectivity index (χ4v) is 4.06. The molecule has 2 aromatic rings. The van der Waals surface area contributed by atoms with Crippen molar-refractivity contribution in [3.8, 4) is 0 Å². The van der Waals surface area contributed by atoms with Crippen molar-refractivity contribution in [2.24, 2.45) is 0 Å². The Kier molecular flexibility index (Phi) is 3.37. The molecule has 0 aliphatic heterocycles. The lowest BCUT2D eigenvalue weighted by molar-refractivity contribution is 0.505. The Hall–Kier alpha value is -1.26. The third-order valence-corrected chi connectivity index (χ3v) is 4.92. The van der Waals surface area contributed by atoms with E-state index >= 15 is 0 Å². The molecule has 19 heavy (non-hydrogen) atoms. The van der Waals surface area contributed by atoms with Crippen molar-refractivity contribution in [2.45, 2.75) is 25.3 Å². The van der Waals surface area contributed by atoms with E-state index in [0.29, 0.717) is 0 Å². The molecular formula is C15H15F2NS. The van der Waals surface area contributed by atoms with Crippen LogP contribution >= 0.6 is 11.3 Å². The number of benzene rings is 1. The molecular weight excluding hydrogens is 264 g/mol. The molecule has 1 aliphatic rings. The second kappa shape index (κ2) is 5.02. The summed E-state index contributed by atoms with van der Waals surface area (Å²) < 4.78 is 26.4. The Morgan fingerprint density at radius 2 is 2.00 bits per heavy atom. The van der Waals surface area contributed by atoms with E-state index < -0.39 is 11.6 Å². The zero-order valence-corrected chi connectivity index (χ0v) is 11.5. The van der Waals surface area contributed by atoms with Crippen molar-refractivity contribution >= 4 is 11.3 Å². The molecule has 1 nitrogen and oxygen atoms in total. The Morgan fingerprint density at radius 3 is 2.68 bits per heavy atom. The number of nitrogens with one attached hydrogen (secondary N) is 1. The van der Waals surface area contributed by atoms with Crippen LogP contribution in [0.1, 0.15) is 33.3 Å². The van der Waals surface area contributed by atoms with Crippen molar-refractivity contribution in [1.29, 1.82) is 0 Å². The SMILES string of the molecule is CNC(c1ccc(F)c(F)c1)c1cc2c(s1)CCC2. The number of thiophene rings is 1. The van der Waals surface area contributed by atoms with E-state index in [2.05, 4.69) is 11.4 Å². The second-order valence-corrected chi connectivity index (χ2v) is 6.01. The Labute approximate surface area is 115 Å². The minimum absolute atomic E-state index is 0.0642. The quantitative estimate of drug-likeness (QED) is 0.900. The van der Waals surface area contributed by atoms with E-state index in [-0.39, 0.29) is 6.04 Å². The number of rotatable bonds is 3. The van der Waals surface area contributed by atoms with Gasteiger partial charge in [0.15, 0.2) is 11.6 Å². The topological polar surface area (TPSA) is 12.0 Å².